The topological polar surface area (TPSA) is 90.5 Å². The number of pyridine rings is 6. The summed E-state index contributed by atoms with van der Waals surface area (Å²) in [4.78, 5) is 32.7. The van der Waals surface area contributed by atoms with Crippen LogP contribution in [0, 0.1) is 0 Å². The highest BCUT2D eigenvalue weighted by Crippen LogP contribution is 2.58. The Labute approximate surface area is 631 Å². The molecule has 1 aliphatic carbocycles. The summed E-state index contributed by atoms with van der Waals surface area (Å²) in [5.74, 6) is 0. The molecule has 0 spiro atoms. The summed E-state index contributed by atoms with van der Waals surface area (Å²) in [5.41, 5.74) is 27.3. The molecule has 0 saturated heterocycles. The van der Waals surface area contributed by atoms with E-state index in [2.05, 4.69) is 346 Å². The number of aromatic nitrogens is 6. The van der Waals surface area contributed by atoms with Crippen LogP contribution in [0.2, 0.25) is 0 Å². The highest BCUT2D eigenvalue weighted by Gasteiger charge is 2.47. The quantitative estimate of drug-likeness (QED) is 0.133. The first-order chi connectivity index (χ1) is 54.5. The van der Waals surface area contributed by atoms with Crippen molar-refractivity contribution in [3.63, 3.8) is 0 Å². The van der Waals surface area contributed by atoms with E-state index >= 15 is 0 Å². The van der Waals surface area contributed by atoms with Gasteiger partial charge in [0.15, 0.2) is 0 Å². The molecule has 1 atom stereocenters. The maximum absolute atomic E-state index is 6.67. The van der Waals surface area contributed by atoms with Gasteiger partial charge in [-0.05, 0) is 152 Å². The third-order valence-corrected chi connectivity index (χ3v) is 23.0. The first-order valence-electron chi connectivity index (χ1n) is 37.4. The molecular weight excluding hydrogens is 1340 g/mol. The molecular formula is C103H60N6O. The van der Waals surface area contributed by atoms with Crippen molar-refractivity contribution in [3.05, 3.63) is 386 Å². The number of fused-ring (bicyclic) bond motifs is 20. The molecule has 0 saturated carbocycles. The molecule has 1 aliphatic rings. The molecule has 508 valence electrons. The van der Waals surface area contributed by atoms with Gasteiger partial charge in [-0.1, -0.05) is 273 Å². The third kappa shape index (κ3) is 9.51. The zero-order valence-corrected chi connectivity index (χ0v) is 59.2. The number of hydrogen-bond donors (Lipinski definition) is 0. The molecule has 0 aliphatic heterocycles. The lowest BCUT2D eigenvalue weighted by Crippen LogP contribution is -2.28. The predicted octanol–water partition coefficient (Wildman–Crippen LogP) is 26.4. The number of benzene rings is 15. The molecule has 15 aromatic carbocycles. The minimum Gasteiger partial charge on any atom is -0.455 e. The number of para-hydroxylation sites is 3. The van der Waals surface area contributed by atoms with E-state index in [-0.39, 0.29) is 0 Å². The number of rotatable bonds is 9. The van der Waals surface area contributed by atoms with Crippen LogP contribution in [-0.4, -0.2) is 29.9 Å². The van der Waals surface area contributed by atoms with E-state index < -0.39 is 5.41 Å². The Bertz CT molecular complexity index is 7650. The molecule has 0 bridgehead atoms. The summed E-state index contributed by atoms with van der Waals surface area (Å²) in [5, 5.41) is 15.1. The molecule has 0 amide bonds. The lowest BCUT2D eigenvalue weighted by atomic mass is 9.67. The lowest BCUT2D eigenvalue weighted by Gasteiger charge is -2.34. The summed E-state index contributed by atoms with van der Waals surface area (Å²) in [6, 6.07) is 131. The van der Waals surface area contributed by atoms with Crippen LogP contribution in [0.4, 0.5) is 0 Å². The van der Waals surface area contributed by atoms with Gasteiger partial charge in [-0.3, -0.25) is 0 Å². The maximum atomic E-state index is 6.67. The fraction of sp³-hybridized carbons (Fsp3) is 0.00971. The van der Waals surface area contributed by atoms with Crippen molar-refractivity contribution in [2.45, 2.75) is 5.41 Å². The first-order valence-corrected chi connectivity index (χ1v) is 37.4. The van der Waals surface area contributed by atoms with Gasteiger partial charge in [0.05, 0.1) is 72.7 Å². The normalized spacial score (nSPS) is 13.5. The Morgan fingerprint density at radius 2 is 0.709 bits per heavy atom. The van der Waals surface area contributed by atoms with Gasteiger partial charge in [-0.15, -0.1) is 0 Å². The van der Waals surface area contributed by atoms with E-state index in [0.29, 0.717) is 0 Å². The van der Waals surface area contributed by atoms with E-state index in [9.17, 15) is 0 Å². The average molecular weight is 1400 g/mol. The second kappa shape index (κ2) is 24.2. The molecule has 110 heavy (non-hydrogen) atoms. The highest BCUT2D eigenvalue weighted by atomic mass is 16.3. The number of hydrogen-bond acceptors (Lipinski definition) is 7. The van der Waals surface area contributed by atoms with Crippen LogP contribution < -0.4 is 0 Å². The van der Waals surface area contributed by atoms with Crippen LogP contribution in [-0.2, 0) is 5.41 Å². The molecule has 7 aromatic heterocycles. The monoisotopic (exact) mass is 1400 g/mol. The van der Waals surface area contributed by atoms with Crippen molar-refractivity contribution in [2.24, 2.45) is 0 Å². The molecule has 0 radical (unpaired) electrons. The Morgan fingerprint density at radius 3 is 1.44 bits per heavy atom. The summed E-state index contributed by atoms with van der Waals surface area (Å²) in [6.07, 6.45) is 0. The second-order valence-corrected chi connectivity index (χ2v) is 29.1. The fourth-order valence-corrected chi connectivity index (χ4v) is 17.9. The van der Waals surface area contributed by atoms with E-state index in [1.807, 2.05) is 18.2 Å². The van der Waals surface area contributed by atoms with E-state index in [1.165, 1.54) is 27.8 Å². The molecule has 23 rings (SSSR count). The predicted molar refractivity (Wildman–Crippen MR) is 453 cm³/mol. The van der Waals surface area contributed by atoms with Crippen LogP contribution in [0.5, 0.6) is 0 Å². The second-order valence-electron chi connectivity index (χ2n) is 29.1. The Morgan fingerprint density at radius 1 is 0.218 bits per heavy atom. The molecule has 0 N–H and O–H groups in total. The molecule has 7 heteroatoms. The van der Waals surface area contributed by atoms with Crippen LogP contribution in [0.1, 0.15) is 22.3 Å². The molecule has 22 aromatic rings. The Hall–Kier alpha value is -14.7. The van der Waals surface area contributed by atoms with Crippen molar-refractivity contribution in [2.75, 3.05) is 0 Å². The van der Waals surface area contributed by atoms with Gasteiger partial charge in [-0.2, -0.15) is 0 Å². The van der Waals surface area contributed by atoms with Gasteiger partial charge in [0.2, 0.25) is 0 Å². The Balaban J connectivity index is 0.644. The smallest absolute Gasteiger partial charge is 0.144 e. The van der Waals surface area contributed by atoms with Gasteiger partial charge >= 0.3 is 0 Å². The molecule has 7 heterocycles. The van der Waals surface area contributed by atoms with Gasteiger partial charge < -0.3 is 4.42 Å². The molecule has 0 fully saturated rings. The average Bonchev–Trinajstić information content (AvgIpc) is 1.51. The van der Waals surface area contributed by atoms with Crippen LogP contribution in [0.25, 0.3) is 209 Å². The van der Waals surface area contributed by atoms with Crippen LogP contribution >= 0.6 is 0 Å². The van der Waals surface area contributed by atoms with Crippen LogP contribution in [0.15, 0.2) is 368 Å². The Kier molecular flexibility index (Phi) is 13.6. The standard InChI is InChI=1S/C103H60N6O/c1-4-19-61(20-5-1)88-51-45-65-39-40-66-46-52-89(105-99(66)98(65)104-88)63-35-37-64(38-36-63)96-85-59-84-75-27-10-14-31-86(75)103(73-24-8-3-9-25-73,87(84)60-83(85)76-28-11-15-32-92(76)108-96)74-26-18-23-69(57-74)82-58-72-47-53-91(106-100(72)101-78(82)50-54-90(107-101)62-21-6-2-7-22-62)70-43-41-68-56-71(44-42-67(68)55-70)97-81-49-48-79-77-29-13-17-34-94(77)110-102(79)95(81)80-30-12-16-33-93(80)109-97/h1-60H. The fourth-order valence-electron chi connectivity index (χ4n) is 17.9. The van der Waals surface area contributed by atoms with Crippen LogP contribution in [0.3, 0.4) is 0 Å². The molecule has 7 nitrogen and oxygen atoms in total. The highest BCUT2D eigenvalue weighted by molar-refractivity contribution is 6.25. The third-order valence-electron chi connectivity index (χ3n) is 23.0. The maximum Gasteiger partial charge on any atom is 0.144 e. The van der Waals surface area contributed by atoms with Gasteiger partial charge in [0.25, 0.3) is 0 Å². The van der Waals surface area contributed by atoms with Crippen molar-refractivity contribution >= 4 is 120 Å². The number of nitrogens with zero attached hydrogens (tertiary/aromatic N) is 6. The largest absolute Gasteiger partial charge is 0.455 e. The summed E-state index contributed by atoms with van der Waals surface area (Å²) >= 11 is 0. The van der Waals surface area contributed by atoms with Gasteiger partial charge in [-0.25, -0.2) is 29.9 Å². The SMILES string of the molecule is c1ccc(-c2ccc3ccc4ccc(-c5ccc(-c6nc7ccccc7c7cc8c(cc67)-c6ccccc6C8(c6ccccc6)c6cccc(-c7cc8ccc(-c9ccc%10cc(-c%11nc%12ccccc%12c%12c%11ccc%11c%13ccccc%13oc%11%12)ccc%10c9)nc8c8nc(-c9ccccc9)ccc78)c6)cc5)nc4c3n2)cc1. The van der Waals surface area contributed by atoms with Crippen molar-refractivity contribution in [1.82, 2.24) is 29.9 Å². The summed E-state index contributed by atoms with van der Waals surface area (Å²) < 4.78 is 6.67. The van der Waals surface area contributed by atoms with Gasteiger partial charge in [0.1, 0.15) is 11.2 Å². The van der Waals surface area contributed by atoms with E-state index in [0.717, 1.165) is 204 Å². The van der Waals surface area contributed by atoms with Crippen molar-refractivity contribution in [1.29, 1.82) is 0 Å². The number of furan rings is 1. The first kappa shape index (κ1) is 61.6. The van der Waals surface area contributed by atoms with Crippen molar-refractivity contribution < 1.29 is 4.42 Å². The van der Waals surface area contributed by atoms with E-state index in [4.69, 9.17) is 34.3 Å². The minimum absolute atomic E-state index is 0.741. The zero-order chi connectivity index (χ0) is 72.1. The summed E-state index contributed by atoms with van der Waals surface area (Å²) in [7, 11) is 0. The van der Waals surface area contributed by atoms with Gasteiger partial charge in [0, 0.05) is 92.6 Å². The van der Waals surface area contributed by atoms with Crippen molar-refractivity contribution in [3.8, 4) is 89.8 Å². The lowest BCUT2D eigenvalue weighted by molar-refractivity contribution is 0.673. The summed E-state index contributed by atoms with van der Waals surface area (Å²) in [6.45, 7) is 0. The molecule has 1 unspecified atom stereocenters. The van der Waals surface area contributed by atoms with E-state index in [1.54, 1.807) is 0 Å². The minimum atomic E-state index is -0.741. The zero-order valence-electron chi connectivity index (χ0n) is 59.2.